The lowest BCUT2D eigenvalue weighted by molar-refractivity contribution is -0.304. The first-order valence-corrected chi connectivity index (χ1v) is 23.5. The van der Waals surface area contributed by atoms with E-state index in [-0.39, 0.29) is 11.6 Å². The second kappa shape index (κ2) is 28.1. The summed E-state index contributed by atoms with van der Waals surface area (Å²) in [6, 6.07) is 0. The van der Waals surface area contributed by atoms with E-state index in [1.54, 1.807) is 6.26 Å². The van der Waals surface area contributed by atoms with Gasteiger partial charge < -0.3 is 33.6 Å². The normalized spacial score (nSPS) is 22.6. The van der Waals surface area contributed by atoms with Gasteiger partial charge in [0.05, 0.1) is 19.0 Å². The van der Waals surface area contributed by atoms with Gasteiger partial charge >= 0.3 is 0 Å². The molecule has 0 radical (unpaired) electrons. The standard InChI is InChI=1S/C41H82O7Si/c1-9-12-14-16-18-20-22-24-26-28-32-44-38-37(43)36(34-47-49(7,8)41(4,5)6)48-40(46-31-11-3)39(38)45-33-30-35(42)29-27-25-23-21-19-17-15-13-10-2/h11,31,35-40,42-43H,9-10,12-30,32-34H2,1-8H3/b31-11+/t35-,36-,37-,38+,39-,40+/m1/s1. The van der Waals surface area contributed by atoms with E-state index in [2.05, 4.69) is 47.7 Å². The van der Waals surface area contributed by atoms with Gasteiger partial charge in [-0.05, 0) is 44.3 Å². The number of hydrogen-bond acceptors (Lipinski definition) is 7. The molecule has 0 unspecified atom stereocenters. The lowest BCUT2D eigenvalue weighted by atomic mass is 9.98. The van der Waals surface area contributed by atoms with Crippen LogP contribution in [0.5, 0.6) is 0 Å². The first-order chi connectivity index (χ1) is 23.5. The summed E-state index contributed by atoms with van der Waals surface area (Å²) < 4.78 is 31.7. The van der Waals surface area contributed by atoms with Gasteiger partial charge in [-0.25, -0.2) is 0 Å². The highest BCUT2D eigenvalue weighted by molar-refractivity contribution is 6.74. The lowest BCUT2D eigenvalue weighted by Crippen LogP contribution is -2.61. The fourth-order valence-electron chi connectivity index (χ4n) is 6.15. The summed E-state index contributed by atoms with van der Waals surface area (Å²) in [6.07, 6.45) is 24.8. The number of allylic oxidation sites excluding steroid dienone is 1. The van der Waals surface area contributed by atoms with Gasteiger partial charge in [0.2, 0.25) is 6.29 Å². The molecular weight excluding hydrogens is 633 g/mol. The topological polar surface area (TPSA) is 86.6 Å². The van der Waals surface area contributed by atoms with Crippen molar-refractivity contribution in [3.63, 3.8) is 0 Å². The molecule has 8 heteroatoms. The molecule has 0 aromatic heterocycles. The third kappa shape index (κ3) is 21.0. The minimum absolute atomic E-state index is 0.0413. The molecule has 0 aromatic carbocycles. The van der Waals surface area contributed by atoms with Crippen molar-refractivity contribution in [3.05, 3.63) is 12.3 Å². The van der Waals surface area contributed by atoms with E-state index in [9.17, 15) is 10.2 Å². The van der Waals surface area contributed by atoms with Crippen LogP contribution in [-0.4, -0.2) is 75.2 Å². The third-order valence-corrected chi connectivity index (χ3v) is 15.1. The Hall–Kier alpha value is -0.483. The molecule has 1 saturated heterocycles. The van der Waals surface area contributed by atoms with Crippen LogP contribution in [0.25, 0.3) is 0 Å². The zero-order valence-electron chi connectivity index (χ0n) is 33.5. The average molecular weight is 715 g/mol. The molecule has 0 aliphatic carbocycles. The molecule has 292 valence electrons. The van der Waals surface area contributed by atoms with E-state index in [1.807, 2.05) is 13.0 Å². The monoisotopic (exact) mass is 715 g/mol. The van der Waals surface area contributed by atoms with Crippen molar-refractivity contribution < 1.29 is 33.6 Å². The van der Waals surface area contributed by atoms with Crippen molar-refractivity contribution in [2.75, 3.05) is 19.8 Å². The minimum Gasteiger partial charge on any atom is -0.470 e. The number of aliphatic hydroxyl groups is 2. The number of unbranched alkanes of at least 4 members (excludes halogenated alkanes) is 17. The highest BCUT2D eigenvalue weighted by Gasteiger charge is 2.49. The van der Waals surface area contributed by atoms with E-state index >= 15 is 0 Å². The smallest absolute Gasteiger partial charge is 0.228 e. The van der Waals surface area contributed by atoms with Crippen molar-refractivity contribution in [1.82, 2.24) is 0 Å². The molecule has 1 aliphatic heterocycles. The minimum atomic E-state index is -2.07. The van der Waals surface area contributed by atoms with Gasteiger partial charge in [-0.15, -0.1) is 0 Å². The zero-order chi connectivity index (χ0) is 36.4. The molecule has 0 spiro atoms. The Kier molecular flexibility index (Phi) is 26.7. The molecular formula is C41H82O7Si. The maximum atomic E-state index is 11.6. The summed E-state index contributed by atoms with van der Waals surface area (Å²) in [6.45, 7) is 18.6. The summed E-state index contributed by atoms with van der Waals surface area (Å²) in [7, 11) is -2.07. The molecule has 0 bridgehead atoms. The summed E-state index contributed by atoms with van der Waals surface area (Å²) in [5.41, 5.74) is 0. The van der Waals surface area contributed by atoms with E-state index in [0.29, 0.717) is 19.6 Å². The second-order valence-electron chi connectivity index (χ2n) is 16.1. The maximum absolute atomic E-state index is 11.6. The largest absolute Gasteiger partial charge is 0.470 e. The molecule has 1 aliphatic rings. The van der Waals surface area contributed by atoms with Crippen LogP contribution in [0, 0.1) is 0 Å². The number of rotatable bonds is 31. The van der Waals surface area contributed by atoms with Gasteiger partial charge in [0.1, 0.15) is 24.4 Å². The van der Waals surface area contributed by atoms with E-state index in [0.717, 1.165) is 25.7 Å². The Morgan fingerprint density at radius 1 is 0.694 bits per heavy atom. The zero-order valence-corrected chi connectivity index (χ0v) is 34.5. The quantitative estimate of drug-likeness (QED) is 0.0420. The van der Waals surface area contributed by atoms with Crippen molar-refractivity contribution in [2.45, 2.75) is 231 Å². The maximum Gasteiger partial charge on any atom is 0.228 e. The molecule has 49 heavy (non-hydrogen) atoms. The third-order valence-electron chi connectivity index (χ3n) is 10.6. The number of aliphatic hydroxyl groups excluding tert-OH is 2. The molecule has 0 aromatic rings. The van der Waals surface area contributed by atoms with E-state index in [1.165, 1.54) is 103 Å². The summed E-state index contributed by atoms with van der Waals surface area (Å²) >= 11 is 0. The SMILES string of the molecule is C/C=C/O[C@H]1O[C@H](CO[Si](C)(C)C(C)(C)C)[C@@H](O)[C@H](OCCCCCCCCCCCC)[C@H]1OCC[C@H](O)CCCCCCCCCCC. The van der Waals surface area contributed by atoms with Crippen molar-refractivity contribution in [1.29, 1.82) is 0 Å². The molecule has 0 saturated carbocycles. The summed E-state index contributed by atoms with van der Waals surface area (Å²) in [5, 5.41) is 22.4. The molecule has 6 atom stereocenters. The average Bonchev–Trinajstić information content (AvgIpc) is 3.05. The van der Waals surface area contributed by atoms with Crippen molar-refractivity contribution >= 4 is 8.32 Å². The first kappa shape index (κ1) is 46.5. The molecule has 1 heterocycles. The highest BCUT2D eigenvalue weighted by Crippen LogP contribution is 2.37. The number of ether oxygens (including phenoxy) is 4. The van der Waals surface area contributed by atoms with Crippen LogP contribution < -0.4 is 0 Å². The molecule has 2 N–H and O–H groups in total. The molecule has 1 rings (SSSR count). The summed E-state index contributed by atoms with van der Waals surface area (Å²) in [5.74, 6) is 0. The first-order valence-electron chi connectivity index (χ1n) is 20.6. The Labute approximate surface area is 304 Å². The Balaban J connectivity index is 2.73. The second-order valence-corrected chi connectivity index (χ2v) is 20.9. The van der Waals surface area contributed by atoms with Crippen LogP contribution in [0.4, 0.5) is 0 Å². The van der Waals surface area contributed by atoms with Gasteiger partial charge in [0.15, 0.2) is 8.32 Å². The van der Waals surface area contributed by atoms with Crippen molar-refractivity contribution in [2.24, 2.45) is 0 Å². The highest BCUT2D eigenvalue weighted by atomic mass is 28.4. The van der Waals surface area contributed by atoms with Crippen molar-refractivity contribution in [3.8, 4) is 0 Å². The van der Waals surface area contributed by atoms with Crippen LogP contribution in [0.1, 0.15) is 176 Å². The van der Waals surface area contributed by atoms with Crippen LogP contribution >= 0.6 is 0 Å². The Morgan fingerprint density at radius 3 is 1.69 bits per heavy atom. The predicted molar refractivity (Wildman–Crippen MR) is 208 cm³/mol. The van der Waals surface area contributed by atoms with Gasteiger partial charge in [-0.2, -0.15) is 0 Å². The van der Waals surface area contributed by atoms with Gasteiger partial charge in [0, 0.05) is 13.2 Å². The fourth-order valence-corrected chi connectivity index (χ4v) is 7.17. The molecule has 0 amide bonds. The Bertz CT molecular complexity index is 786. The number of hydrogen-bond donors (Lipinski definition) is 2. The van der Waals surface area contributed by atoms with Gasteiger partial charge in [-0.1, -0.05) is 156 Å². The van der Waals surface area contributed by atoms with Crippen LogP contribution in [-0.2, 0) is 23.4 Å². The van der Waals surface area contributed by atoms with Gasteiger partial charge in [0.25, 0.3) is 0 Å². The lowest BCUT2D eigenvalue weighted by Gasteiger charge is -2.45. The fraction of sp³-hybridized carbons (Fsp3) is 0.951. The molecule has 1 fully saturated rings. The van der Waals surface area contributed by atoms with Crippen LogP contribution in [0.2, 0.25) is 18.1 Å². The van der Waals surface area contributed by atoms with E-state index < -0.39 is 45.1 Å². The van der Waals surface area contributed by atoms with Gasteiger partial charge in [-0.3, -0.25) is 0 Å². The summed E-state index contributed by atoms with van der Waals surface area (Å²) in [4.78, 5) is 0. The van der Waals surface area contributed by atoms with E-state index in [4.69, 9.17) is 23.4 Å². The van der Waals surface area contributed by atoms with Crippen LogP contribution in [0.15, 0.2) is 12.3 Å². The predicted octanol–water partition coefficient (Wildman–Crippen LogP) is 11.0. The Morgan fingerprint density at radius 2 is 1.18 bits per heavy atom. The van der Waals surface area contributed by atoms with Crippen LogP contribution in [0.3, 0.4) is 0 Å². The molecule has 7 nitrogen and oxygen atoms in total.